The SMILES string of the molecule is C[C@@H]1C[C@H](N)CN(c2ccncc2CC(=O)c2ccc3sc(-c4c(F)cccc4F)cc3n2)C1. The molecule has 4 heterocycles. The van der Waals surface area contributed by atoms with Crippen molar-refractivity contribution in [1.82, 2.24) is 9.97 Å². The Morgan fingerprint density at radius 3 is 2.74 bits per heavy atom. The van der Waals surface area contributed by atoms with Gasteiger partial charge in [-0.25, -0.2) is 13.8 Å². The van der Waals surface area contributed by atoms with Gasteiger partial charge in [-0.3, -0.25) is 9.78 Å². The molecule has 1 aliphatic heterocycles. The number of piperidine rings is 1. The van der Waals surface area contributed by atoms with Crippen molar-refractivity contribution in [2.45, 2.75) is 25.8 Å². The quantitative estimate of drug-likeness (QED) is 0.398. The highest BCUT2D eigenvalue weighted by Crippen LogP contribution is 2.36. The number of ketones is 1. The van der Waals surface area contributed by atoms with Crippen LogP contribution in [0.25, 0.3) is 20.7 Å². The van der Waals surface area contributed by atoms with Gasteiger partial charge in [0.2, 0.25) is 0 Å². The third kappa shape index (κ3) is 4.43. The van der Waals surface area contributed by atoms with Gasteiger partial charge in [-0.15, -0.1) is 11.3 Å². The molecule has 0 aliphatic carbocycles. The Balaban J connectivity index is 1.42. The van der Waals surface area contributed by atoms with Gasteiger partial charge in [0.15, 0.2) is 5.78 Å². The molecule has 0 saturated carbocycles. The number of hydrogen-bond donors (Lipinski definition) is 1. The molecule has 1 saturated heterocycles. The van der Waals surface area contributed by atoms with E-state index >= 15 is 0 Å². The molecule has 0 spiro atoms. The largest absolute Gasteiger partial charge is 0.369 e. The number of carbonyl (C=O) groups excluding carboxylic acids is 1. The van der Waals surface area contributed by atoms with Gasteiger partial charge in [-0.05, 0) is 48.7 Å². The molecule has 1 aromatic carbocycles. The van der Waals surface area contributed by atoms with Crippen molar-refractivity contribution < 1.29 is 13.6 Å². The van der Waals surface area contributed by atoms with Crippen molar-refractivity contribution in [1.29, 1.82) is 0 Å². The molecule has 3 aromatic heterocycles. The Labute approximate surface area is 200 Å². The first-order chi connectivity index (χ1) is 16.4. The monoisotopic (exact) mass is 478 g/mol. The number of anilines is 1. The Kier molecular flexibility index (Phi) is 6.10. The zero-order valence-electron chi connectivity index (χ0n) is 18.7. The van der Waals surface area contributed by atoms with Gasteiger partial charge < -0.3 is 10.6 Å². The molecule has 5 nitrogen and oxygen atoms in total. The van der Waals surface area contributed by atoms with Crippen LogP contribution >= 0.6 is 11.3 Å². The molecule has 1 aliphatic rings. The lowest BCUT2D eigenvalue weighted by Crippen LogP contribution is -2.46. The van der Waals surface area contributed by atoms with Gasteiger partial charge in [0.1, 0.15) is 17.3 Å². The number of pyridine rings is 2. The highest BCUT2D eigenvalue weighted by atomic mass is 32.1. The summed E-state index contributed by atoms with van der Waals surface area (Å²) >= 11 is 1.24. The molecule has 2 atom stereocenters. The fourth-order valence-electron chi connectivity index (χ4n) is 4.66. The fourth-order valence-corrected chi connectivity index (χ4v) is 5.71. The molecular weight excluding hydrogens is 454 g/mol. The first kappa shape index (κ1) is 22.6. The number of thiophene rings is 1. The Morgan fingerprint density at radius 1 is 1.18 bits per heavy atom. The van der Waals surface area contributed by atoms with Gasteiger partial charge >= 0.3 is 0 Å². The minimum absolute atomic E-state index is 0.0765. The van der Waals surface area contributed by atoms with Crippen molar-refractivity contribution in [2.75, 3.05) is 18.0 Å². The standard InChI is InChI=1S/C26H24F2N4OS/c1-15-9-17(29)14-32(13-15)22-7-8-30-12-16(22)10-23(33)20-5-6-24-21(31-20)11-25(34-24)26-18(27)3-2-4-19(26)28/h2-8,11-12,15,17H,9-10,13-14,29H2,1H3/t15-,17+/m1/s1. The summed E-state index contributed by atoms with van der Waals surface area (Å²) in [7, 11) is 0. The number of rotatable bonds is 5. The predicted molar refractivity (Wildman–Crippen MR) is 131 cm³/mol. The van der Waals surface area contributed by atoms with E-state index < -0.39 is 11.6 Å². The number of nitrogens with zero attached hydrogens (tertiary/aromatic N) is 3. The maximum absolute atomic E-state index is 14.2. The number of Topliss-reactive ketones (excluding diaryl/α,β-unsaturated/α-hetero) is 1. The van der Waals surface area contributed by atoms with E-state index in [1.165, 1.54) is 29.5 Å². The molecule has 0 radical (unpaired) electrons. The lowest BCUT2D eigenvalue weighted by molar-refractivity contribution is 0.0988. The average Bonchev–Trinajstić information content (AvgIpc) is 3.21. The van der Waals surface area contributed by atoms with Gasteiger partial charge in [0.25, 0.3) is 0 Å². The minimum atomic E-state index is -0.626. The average molecular weight is 479 g/mol. The Hall–Kier alpha value is -3.23. The second-order valence-corrected chi connectivity index (χ2v) is 9.98. The zero-order valence-corrected chi connectivity index (χ0v) is 19.5. The van der Waals surface area contributed by atoms with Crippen LogP contribution in [-0.2, 0) is 6.42 Å². The molecular formula is C26H24F2N4OS. The number of halogens is 2. The van der Waals surface area contributed by atoms with Crippen LogP contribution in [0.15, 0.2) is 54.9 Å². The van der Waals surface area contributed by atoms with Crippen LogP contribution in [0.5, 0.6) is 0 Å². The third-order valence-electron chi connectivity index (χ3n) is 6.13. The van der Waals surface area contributed by atoms with Crippen LogP contribution in [0.3, 0.4) is 0 Å². The normalized spacial score (nSPS) is 18.4. The summed E-state index contributed by atoms with van der Waals surface area (Å²) in [5.74, 6) is -0.927. The van der Waals surface area contributed by atoms with Gasteiger partial charge in [-0.1, -0.05) is 13.0 Å². The summed E-state index contributed by atoms with van der Waals surface area (Å²) in [6.45, 7) is 3.80. The van der Waals surface area contributed by atoms with E-state index in [1.807, 2.05) is 6.07 Å². The van der Waals surface area contributed by atoms with Crippen LogP contribution in [0.2, 0.25) is 0 Å². The van der Waals surface area contributed by atoms with Crippen molar-refractivity contribution >= 4 is 33.0 Å². The van der Waals surface area contributed by atoms with Crippen molar-refractivity contribution in [3.63, 3.8) is 0 Å². The third-order valence-corrected chi connectivity index (χ3v) is 7.24. The first-order valence-corrected chi connectivity index (χ1v) is 12.0. The first-order valence-electron chi connectivity index (χ1n) is 11.2. The van der Waals surface area contributed by atoms with Crippen LogP contribution in [-0.4, -0.2) is 34.9 Å². The molecule has 34 heavy (non-hydrogen) atoms. The van der Waals surface area contributed by atoms with E-state index in [1.54, 1.807) is 30.6 Å². The number of nitrogens with two attached hydrogens (primary N) is 1. The number of fused-ring (bicyclic) bond motifs is 1. The second-order valence-electron chi connectivity index (χ2n) is 8.90. The lowest BCUT2D eigenvalue weighted by Gasteiger charge is -2.37. The zero-order chi connectivity index (χ0) is 23.8. The molecule has 1 fully saturated rings. The van der Waals surface area contributed by atoms with Crippen molar-refractivity contribution in [2.24, 2.45) is 11.7 Å². The fraction of sp³-hybridized carbons (Fsp3) is 0.269. The molecule has 0 bridgehead atoms. The minimum Gasteiger partial charge on any atom is -0.369 e. The summed E-state index contributed by atoms with van der Waals surface area (Å²) in [5.41, 5.74) is 8.80. The molecule has 5 rings (SSSR count). The maximum Gasteiger partial charge on any atom is 0.185 e. The smallest absolute Gasteiger partial charge is 0.185 e. The van der Waals surface area contributed by atoms with E-state index in [0.29, 0.717) is 22.0 Å². The summed E-state index contributed by atoms with van der Waals surface area (Å²) in [5, 5.41) is 0. The van der Waals surface area contributed by atoms with E-state index in [4.69, 9.17) is 5.73 Å². The number of aromatic nitrogens is 2. The molecule has 8 heteroatoms. The van der Waals surface area contributed by atoms with Crippen LogP contribution in [0.4, 0.5) is 14.5 Å². The van der Waals surface area contributed by atoms with Crippen LogP contribution < -0.4 is 10.6 Å². The molecule has 0 amide bonds. The van der Waals surface area contributed by atoms with Crippen molar-refractivity contribution in [3.8, 4) is 10.4 Å². The van der Waals surface area contributed by atoms with E-state index in [2.05, 4.69) is 21.8 Å². The van der Waals surface area contributed by atoms with Crippen LogP contribution in [0.1, 0.15) is 29.4 Å². The van der Waals surface area contributed by atoms with Gasteiger partial charge in [0, 0.05) is 54.1 Å². The number of carbonyl (C=O) groups is 1. The summed E-state index contributed by atoms with van der Waals surface area (Å²) in [6, 6.07) is 10.9. The summed E-state index contributed by atoms with van der Waals surface area (Å²) < 4.78 is 29.2. The van der Waals surface area contributed by atoms with Gasteiger partial charge in [0.05, 0.1) is 15.8 Å². The van der Waals surface area contributed by atoms with E-state index in [0.717, 1.165) is 35.5 Å². The number of hydrogen-bond acceptors (Lipinski definition) is 6. The lowest BCUT2D eigenvalue weighted by atomic mass is 9.95. The van der Waals surface area contributed by atoms with Gasteiger partial charge in [-0.2, -0.15) is 0 Å². The van der Waals surface area contributed by atoms with Crippen LogP contribution in [0, 0.1) is 17.6 Å². The van der Waals surface area contributed by atoms with E-state index in [-0.39, 0.29) is 23.8 Å². The predicted octanol–water partition coefficient (Wildman–Crippen LogP) is 5.24. The highest BCUT2D eigenvalue weighted by molar-refractivity contribution is 7.22. The summed E-state index contributed by atoms with van der Waals surface area (Å²) in [6.07, 6.45) is 4.59. The second kappa shape index (κ2) is 9.19. The summed E-state index contributed by atoms with van der Waals surface area (Å²) in [4.78, 5) is 24.6. The molecule has 174 valence electrons. The molecule has 2 N–H and O–H groups in total. The highest BCUT2D eigenvalue weighted by Gasteiger charge is 2.25. The van der Waals surface area contributed by atoms with Crippen molar-refractivity contribution in [3.05, 3.63) is 77.8 Å². The number of benzene rings is 1. The molecule has 0 unspecified atom stereocenters. The maximum atomic E-state index is 14.2. The Morgan fingerprint density at radius 2 is 1.97 bits per heavy atom. The van der Waals surface area contributed by atoms with E-state index in [9.17, 15) is 13.6 Å². The topological polar surface area (TPSA) is 72.1 Å². The Bertz CT molecular complexity index is 1340. The molecule has 4 aromatic rings.